The molecule has 1 heterocycles. The summed E-state index contributed by atoms with van der Waals surface area (Å²) >= 11 is 0. The second-order valence-corrected chi connectivity index (χ2v) is 6.93. The predicted molar refractivity (Wildman–Crippen MR) is 109 cm³/mol. The number of nitrogens with zero attached hydrogens (tertiary/aromatic N) is 1. The maximum Gasteiger partial charge on any atom is 0.253 e. The van der Waals surface area contributed by atoms with Gasteiger partial charge in [0.2, 0.25) is 5.91 Å². The van der Waals surface area contributed by atoms with Crippen LogP contribution in [0.15, 0.2) is 48.5 Å². The highest BCUT2D eigenvalue weighted by Gasteiger charge is 2.21. The number of hydrogen-bond acceptors (Lipinski definition) is 3. The van der Waals surface area contributed by atoms with E-state index in [0.29, 0.717) is 17.7 Å². The first kappa shape index (κ1) is 19.0. The van der Waals surface area contributed by atoms with E-state index in [1.807, 2.05) is 56.3 Å². The number of carbonyl (C=O) groups is 2. The number of carbonyl (C=O) groups excluding carboxylic acids is 2. The monoisotopic (exact) mass is 365 g/mol. The molecule has 142 valence electrons. The largest absolute Gasteiger partial charge is 0.371 e. The van der Waals surface area contributed by atoms with Crippen LogP contribution in [0.1, 0.15) is 55.1 Å². The highest BCUT2D eigenvalue weighted by molar-refractivity contribution is 6.02. The molecule has 1 saturated heterocycles. The van der Waals surface area contributed by atoms with Crippen LogP contribution in [0.4, 0.5) is 11.4 Å². The maximum absolute atomic E-state index is 13.1. The minimum absolute atomic E-state index is 0.0621. The second kappa shape index (κ2) is 8.71. The molecule has 0 aliphatic carbocycles. The lowest BCUT2D eigenvalue weighted by molar-refractivity contribution is -0.115. The fourth-order valence-electron chi connectivity index (χ4n) is 3.38. The lowest BCUT2D eigenvalue weighted by Crippen LogP contribution is -2.29. The molecule has 27 heavy (non-hydrogen) atoms. The molecule has 2 amide bonds. The van der Waals surface area contributed by atoms with Gasteiger partial charge in [0.15, 0.2) is 0 Å². The molecule has 0 aromatic heterocycles. The Labute approximate surface area is 160 Å². The molecule has 5 nitrogen and oxygen atoms in total. The van der Waals surface area contributed by atoms with Crippen molar-refractivity contribution in [2.24, 2.45) is 0 Å². The van der Waals surface area contributed by atoms with Gasteiger partial charge in [-0.25, -0.2) is 0 Å². The van der Waals surface area contributed by atoms with Gasteiger partial charge in [0.05, 0.1) is 11.6 Å². The van der Waals surface area contributed by atoms with Gasteiger partial charge >= 0.3 is 0 Å². The lowest BCUT2D eigenvalue weighted by atomic mass is 10.1. The number of amides is 2. The van der Waals surface area contributed by atoms with Crippen LogP contribution in [0.25, 0.3) is 0 Å². The van der Waals surface area contributed by atoms with E-state index in [9.17, 15) is 9.59 Å². The van der Waals surface area contributed by atoms with E-state index in [4.69, 9.17) is 0 Å². The van der Waals surface area contributed by atoms with Crippen LogP contribution < -0.4 is 15.5 Å². The summed E-state index contributed by atoms with van der Waals surface area (Å²) in [4.78, 5) is 27.1. The first-order valence-corrected chi connectivity index (χ1v) is 9.63. The molecule has 0 saturated carbocycles. The summed E-state index contributed by atoms with van der Waals surface area (Å²) in [5.41, 5.74) is 3.25. The molecule has 1 fully saturated rings. The van der Waals surface area contributed by atoms with Gasteiger partial charge in [-0.1, -0.05) is 37.3 Å². The molecule has 2 aromatic carbocycles. The highest BCUT2D eigenvalue weighted by Crippen LogP contribution is 2.28. The zero-order chi connectivity index (χ0) is 19.2. The Hall–Kier alpha value is -2.82. The summed E-state index contributed by atoms with van der Waals surface area (Å²) in [6.07, 6.45) is 2.67. The Morgan fingerprint density at radius 1 is 1.07 bits per heavy atom. The number of rotatable bonds is 6. The molecule has 3 rings (SSSR count). The van der Waals surface area contributed by atoms with E-state index in [-0.39, 0.29) is 17.9 Å². The Kier molecular flexibility index (Phi) is 6.12. The van der Waals surface area contributed by atoms with Crippen LogP contribution in [0.5, 0.6) is 0 Å². The van der Waals surface area contributed by atoms with Gasteiger partial charge in [-0.15, -0.1) is 0 Å². The summed E-state index contributed by atoms with van der Waals surface area (Å²) in [5, 5.41) is 5.94. The number of hydrogen-bond donors (Lipinski definition) is 2. The molecule has 5 heteroatoms. The first-order chi connectivity index (χ1) is 13.1. The van der Waals surface area contributed by atoms with E-state index in [1.165, 1.54) is 0 Å². The Balaban J connectivity index is 1.86. The van der Waals surface area contributed by atoms with Crippen molar-refractivity contribution in [1.82, 2.24) is 5.32 Å². The Bertz CT molecular complexity index is 798. The van der Waals surface area contributed by atoms with E-state index < -0.39 is 0 Å². The lowest BCUT2D eigenvalue weighted by Gasteiger charge is -2.23. The minimum Gasteiger partial charge on any atom is -0.371 e. The SMILES string of the molecule is CCC(=O)Nc1ccc(N2CCCC2)c(C(=O)N[C@H](C)c2ccccc2)c1. The van der Waals surface area contributed by atoms with Gasteiger partial charge in [-0.3, -0.25) is 9.59 Å². The zero-order valence-corrected chi connectivity index (χ0v) is 16.0. The first-order valence-electron chi connectivity index (χ1n) is 9.63. The summed E-state index contributed by atoms with van der Waals surface area (Å²) < 4.78 is 0. The van der Waals surface area contributed by atoms with Gasteiger partial charge in [0, 0.05) is 30.9 Å². The average molecular weight is 365 g/mol. The third-order valence-corrected chi connectivity index (χ3v) is 4.94. The molecule has 0 radical (unpaired) electrons. The normalized spacial score (nSPS) is 14.7. The highest BCUT2D eigenvalue weighted by atomic mass is 16.2. The van der Waals surface area contributed by atoms with Crippen molar-refractivity contribution in [2.75, 3.05) is 23.3 Å². The molecule has 0 bridgehead atoms. The maximum atomic E-state index is 13.1. The molecule has 1 aliphatic heterocycles. The topological polar surface area (TPSA) is 61.4 Å². The van der Waals surface area contributed by atoms with Crippen LogP contribution in [0.2, 0.25) is 0 Å². The van der Waals surface area contributed by atoms with Crippen molar-refractivity contribution >= 4 is 23.2 Å². The molecule has 0 spiro atoms. The summed E-state index contributed by atoms with van der Waals surface area (Å²) in [5.74, 6) is -0.186. The van der Waals surface area contributed by atoms with Crippen molar-refractivity contribution in [2.45, 2.75) is 39.2 Å². The van der Waals surface area contributed by atoms with Crippen molar-refractivity contribution in [1.29, 1.82) is 0 Å². The number of nitrogens with one attached hydrogen (secondary N) is 2. The zero-order valence-electron chi connectivity index (χ0n) is 16.0. The molecule has 2 aromatic rings. The van der Waals surface area contributed by atoms with E-state index in [1.54, 1.807) is 6.07 Å². The third-order valence-electron chi connectivity index (χ3n) is 4.94. The molecule has 1 atom stereocenters. The van der Waals surface area contributed by atoms with Crippen molar-refractivity contribution < 1.29 is 9.59 Å². The van der Waals surface area contributed by atoms with Crippen LogP contribution in [-0.2, 0) is 4.79 Å². The van der Waals surface area contributed by atoms with Crippen molar-refractivity contribution in [3.63, 3.8) is 0 Å². The van der Waals surface area contributed by atoms with E-state index >= 15 is 0 Å². The Morgan fingerprint density at radius 3 is 2.44 bits per heavy atom. The number of benzene rings is 2. The fourth-order valence-corrected chi connectivity index (χ4v) is 3.38. The average Bonchev–Trinajstić information content (AvgIpc) is 3.23. The smallest absolute Gasteiger partial charge is 0.253 e. The van der Waals surface area contributed by atoms with Gasteiger partial charge in [-0.05, 0) is 43.5 Å². The molecule has 1 aliphatic rings. The summed E-state index contributed by atoms with van der Waals surface area (Å²) in [6, 6.07) is 15.4. The van der Waals surface area contributed by atoms with Crippen LogP contribution in [0, 0.1) is 0 Å². The molecule has 2 N–H and O–H groups in total. The molecular formula is C22H27N3O2. The van der Waals surface area contributed by atoms with E-state index in [2.05, 4.69) is 15.5 Å². The van der Waals surface area contributed by atoms with Gasteiger partial charge in [0.1, 0.15) is 0 Å². The molecular weight excluding hydrogens is 338 g/mol. The minimum atomic E-state index is -0.124. The van der Waals surface area contributed by atoms with Crippen molar-refractivity contribution in [3.8, 4) is 0 Å². The van der Waals surface area contributed by atoms with Gasteiger partial charge in [-0.2, -0.15) is 0 Å². The third kappa shape index (κ3) is 4.67. The van der Waals surface area contributed by atoms with E-state index in [0.717, 1.165) is 37.2 Å². The number of anilines is 2. The second-order valence-electron chi connectivity index (χ2n) is 6.93. The molecule has 0 unspecified atom stereocenters. The standard InChI is InChI=1S/C22H27N3O2/c1-3-21(26)24-18-11-12-20(25-13-7-8-14-25)19(15-18)22(27)23-16(2)17-9-5-4-6-10-17/h4-6,9-12,15-16H,3,7-8,13-14H2,1-2H3,(H,23,27)(H,24,26)/t16-/m1/s1. The van der Waals surface area contributed by atoms with Gasteiger partial charge in [0.25, 0.3) is 5.91 Å². The van der Waals surface area contributed by atoms with Crippen LogP contribution in [-0.4, -0.2) is 24.9 Å². The Morgan fingerprint density at radius 2 is 1.78 bits per heavy atom. The van der Waals surface area contributed by atoms with Gasteiger partial charge < -0.3 is 15.5 Å². The quantitative estimate of drug-likeness (QED) is 0.809. The predicted octanol–water partition coefficient (Wildman–Crippen LogP) is 4.13. The van der Waals surface area contributed by atoms with Crippen LogP contribution in [0.3, 0.4) is 0 Å². The summed E-state index contributed by atoms with van der Waals surface area (Å²) in [6.45, 7) is 5.69. The van der Waals surface area contributed by atoms with Crippen LogP contribution >= 0.6 is 0 Å². The van der Waals surface area contributed by atoms with Crippen molar-refractivity contribution in [3.05, 3.63) is 59.7 Å². The summed E-state index contributed by atoms with van der Waals surface area (Å²) in [7, 11) is 0. The fraction of sp³-hybridized carbons (Fsp3) is 0.364.